The van der Waals surface area contributed by atoms with E-state index in [2.05, 4.69) is 15.9 Å². The number of nitro groups is 1. The lowest BCUT2D eigenvalue weighted by molar-refractivity contribution is -0.385. The zero-order valence-corrected chi connectivity index (χ0v) is 9.70. The maximum atomic E-state index is 11.2. The molecule has 0 aliphatic rings. The molecule has 15 heavy (non-hydrogen) atoms. The molecule has 0 fully saturated rings. The van der Waals surface area contributed by atoms with Crippen molar-refractivity contribution in [1.82, 2.24) is 0 Å². The molecule has 0 radical (unpaired) electrons. The number of nitrogens with zero attached hydrogens (tertiary/aromatic N) is 1. The highest BCUT2D eigenvalue weighted by molar-refractivity contribution is 9.10. The van der Waals surface area contributed by atoms with Crippen LogP contribution < -0.4 is 4.74 Å². The van der Waals surface area contributed by atoms with E-state index in [4.69, 9.17) is 4.74 Å². The Morgan fingerprint density at radius 3 is 2.53 bits per heavy atom. The topological polar surface area (TPSA) is 69.4 Å². The molecule has 0 saturated heterocycles. The number of Topliss-reactive ketones (excluding diaryl/α,β-unsaturated/α-hetero) is 1. The van der Waals surface area contributed by atoms with Crippen LogP contribution in [0.1, 0.15) is 17.3 Å². The molecule has 0 bridgehead atoms. The standard InChI is InChI=1S/C9H8BrNO4/c1-5(12)6-3-9(15-2)8(11(13)14)4-7(6)10/h3-4H,1-2H3. The molecule has 6 heteroatoms. The molecule has 0 amide bonds. The summed E-state index contributed by atoms with van der Waals surface area (Å²) in [6, 6.07) is 2.61. The van der Waals surface area contributed by atoms with Gasteiger partial charge in [-0.2, -0.15) is 0 Å². The normalized spacial score (nSPS) is 9.80. The predicted octanol–water partition coefficient (Wildman–Crippen LogP) is 2.57. The number of ketones is 1. The number of rotatable bonds is 3. The summed E-state index contributed by atoms with van der Waals surface area (Å²) in [7, 11) is 1.32. The van der Waals surface area contributed by atoms with Gasteiger partial charge in [-0.3, -0.25) is 14.9 Å². The molecular weight excluding hydrogens is 266 g/mol. The van der Waals surface area contributed by atoms with Crippen LogP contribution in [0.15, 0.2) is 16.6 Å². The van der Waals surface area contributed by atoms with Gasteiger partial charge in [0.2, 0.25) is 0 Å². The van der Waals surface area contributed by atoms with Crippen molar-refractivity contribution >= 4 is 27.4 Å². The number of hydrogen-bond acceptors (Lipinski definition) is 4. The van der Waals surface area contributed by atoms with Crippen LogP contribution in [0.4, 0.5) is 5.69 Å². The van der Waals surface area contributed by atoms with E-state index in [1.54, 1.807) is 0 Å². The third-order valence-corrected chi connectivity index (χ3v) is 2.50. The highest BCUT2D eigenvalue weighted by atomic mass is 79.9. The number of hydrogen-bond donors (Lipinski definition) is 0. The Balaban J connectivity index is 3.42. The van der Waals surface area contributed by atoms with Crippen molar-refractivity contribution < 1.29 is 14.5 Å². The second-order valence-corrected chi connectivity index (χ2v) is 3.67. The number of benzene rings is 1. The zero-order chi connectivity index (χ0) is 11.6. The van der Waals surface area contributed by atoms with Gasteiger partial charge in [0.15, 0.2) is 11.5 Å². The van der Waals surface area contributed by atoms with Crippen molar-refractivity contribution in [2.75, 3.05) is 7.11 Å². The minimum Gasteiger partial charge on any atom is -0.490 e. The van der Waals surface area contributed by atoms with Crippen LogP contribution in [0.3, 0.4) is 0 Å². The molecule has 0 unspecified atom stereocenters. The Morgan fingerprint density at radius 1 is 1.53 bits per heavy atom. The first-order valence-corrected chi connectivity index (χ1v) is 4.79. The molecule has 0 N–H and O–H groups in total. The molecule has 0 aliphatic carbocycles. The molecular formula is C9H8BrNO4. The summed E-state index contributed by atoms with van der Waals surface area (Å²) in [5.74, 6) is -0.108. The van der Waals surface area contributed by atoms with Crippen LogP contribution in [0.2, 0.25) is 0 Å². The van der Waals surface area contributed by atoms with Gasteiger partial charge < -0.3 is 4.74 Å². The Bertz CT molecular complexity index is 430. The first kappa shape index (κ1) is 11.6. The predicted molar refractivity (Wildman–Crippen MR) is 57.4 cm³/mol. The minimum absolute atomic E-state index is 0.0772. The summed E-state index contributed by atoms with van der Waals surface area (Å²) >= 11 is 3.10. The van der Waals surface area contributed by atoms with Crippen LogP contribution in [-0.2, 0) is 0 Å². The van der Waals surface area contributed by atoms with Gasteiger partial charge in [-0.25, -0.2) is 0 Å². The van der Waals surface area contributed by atoms with Gasteiger partial charge >= 0.3 is 5.69 Å². The van der Waals surface area contributed by atoms with E-state index in [1.807, 2.05) is 0 Å². The average Bonchev–Trinajstić information content (AvgIpc) is 2.16. The van der Waals surface area contributed by atoms with E-state index in [0.29, 0.717) is 10.0 Å². The second-order valence-electron chi connectivity index (χ2n) is 2.82. The van der Waals surface area contributed by atoms with Gasteiger partial charge in [-0.05, 0) is 28.9 Å². The summed E-state index contributed by atoms with van der Waals surface area (Å²) < 4.78 is 5.23. The fourth-order valence-electron chi connectivity index (χ4n) is 1.12. The maximum Gasteiger partial charge on any atom is 0.312 e. The molecule has 0 heterocycles. The summed E-state index contributed by atoms with van der Waals surface area (Å²) in [6.07, 6.45) is 0. The van der Waals surface area contributed by atoms with Crippen LogP contribution >= 0.6 is 15.9 Å². The van der Waals surface area contributed by atoms with Crippen molar-refractivity contribution in [1.29, 1.82) is 0 Å². The quantitative estimate of drug-likeness (QED) is 0.482. The summed E-state index contributed by atoms with van der Waals surface area (Å²) in [5.41, 5.74) is 0.187. The van der Waals surface area contributed by atoms with Gasteiger partial charge in [-0.1, -0.05) is 0 Å². The lowest BCUT2D eigenvalue weighted by Gasteiger charge is -2.05. The third kappa shape index (κ3) is 2.33. The smallest absolute Gasteiger partial charge is 0.312 e. The molecule has 0 aromatic heterocycles. The van der Waals surface area contributed by atoms with Gasteiger partial charge in [0.05, 0.1) is 12.0 Å². The van der Waals surface area contributed by atoms with Crippen molar-refractivity contribution in [2.45, 2.75) is 6.92 Å². The van der Waals surface area contributed by atoms with Crippen molar-refractivity contribution in [2.24, 2.45) is 0 Å². The highest BCUT2D eigenvalue weighted by Crippen LogP contribution is 2.33. The SMILES string of the molecule is COc1cc(C(C)=O)c(Br)cc1[N+](=O)[O-]. The maximum absolute atomic E-state index is 11.2. The van der Waals surface area contributed by atoms with E-state index >= 15 is 0 Å². The van der Waals surface area contributed by atoms with Crippen LogP contribution in [0, 0.1) is 10.1 Å². The lowest BCUT2D eigenvalue weighted by atomic mass is 10.1. The average molecular weight is 274 g/mol. The number of nitro benzene ring substituents is 1. The van der Waals surface area contributed by atoms with Crippen molar-refractivity contribution in [3.63, 3.8) is 0 Å². The van der Waals surface area contributed by atoms with Gasteiger partial charge in [0, 0.05) is 16.1 Å². The fourth-order valence-corrected chi connectivity index (χ4v) is 1.73. The molecule has 0 atom stereocenters. The van der Waals surface area contributed by atoms with Crippen molar-refractivity contribution in [3.05, 3.63) is 32.3 Å². The number of ether oxygens (including phenoxy) is 1. The Hall–Kier alpha value is -1.43. The monoisotopic (exact) mass is 273 g/mol. The summed E-state index contributed by atoms with van der Waals surface area (Å²) in [6.45, 7) is 1.38. The molecule has 1 rings (SSSR count). The highest BCUT2D eigenvalue weighted by Gasteiger charge is 2.19. The van der Waals surface area contributed by atoms with E-state index < -0.39 is 4.92 Å². The molecule has 1 aromatic rings. The molecule has 1 aromatic carbocycles. The van der Waals surface area contributed by atoms with E-state index in [1.165, 1.54) is 26.2 Å². The Labute approximate surface area is 94.3 Å². The number of carbonyl (C=O) groups is 1. The largest absolute Gasteiger partial charge is 0.490 e. The number of methoxy groups -OCH3 is 1. The van der Waals surface area contributed by atoms with Crippen LogP contribution in [0.25, 0.3) is 0 Å². The molecule has 0 saturated carbocycles. The van der Waals surface area contributed by atoms with E-state index in [-0.39, 0.29) is 17.2 Å². The molecule has 5 nitrogen and oxygen atoms in total. The summed E-state index contributed by atoms with van der Waals surface area (Å²) in [5, 5.41) is 10.6. The number of halogens is 1. The van der Waals surface area contributed by atoms with Crippen molar-refractivity contribution in [3.8, 4) is 5.75 Å². The molecule has 80 valence electrons. The fraction of sp³-hybridized carbons (Fsp3) is 0.222. The second kappa shape index (κ2) is 4.39. The van der Waals surface area contributed by atoms with Gasteiger partial charge in [0.25, 0.3) is 0 Å². The first-order valence-electron chi connectivity index (χ1n) is 4.00. The van der Waals surface area contributed by atoms with Crippen LogP contribution in [-0.4, -0.2) is 17.8 Å². The third-order valence-electron chi connectivity index (χ3n) is 1.84. The Morgan fingerprint density at radius 2 is 2.13 bits per heavy atom. The zero-order valence-electron chi connectivity index (χ0n) is 8.11. The van der Waals surface area contributed by atoms with E-state index in [0.717, 1.165) is 0 Å². The van der Waals surface area contributed by atoms with E-state index in [9.17, 15) is 14.9 Å². The molecule has 0 spiro atoms. The lowest BCUT2D eigenvalue weighted by Crippen LogP contribution is -1.99. The van der Waals surface area contributed by atoms with Gasteiger partial charge in [0.1, 0.15) is 0 Å². The first-order chi connectivity index (χ1) is 6.97. The minimum atomic E-state index is -0.562. The number of carbonyl (C=O) groups excluding carboxylic acids is 1. The van der Waals surface area contributed by atoms with Gasteiger partial charge in [-0.15, -0.1) is 0 Å². The Kier molecular flexibility index (Phi) is 3.41. The van der Waals surface area contributed by atoms with Crippen LogP contribution in [0.5, 0.6) is 5.75 Å². The molecule has 0 aliphatic heterocycles. The summed E-state index contributed by atoms with van der Waals surface area (Å²) in [4.78, 5) is 21.2.